The predicted octanol–water partition coefficient (Wildman–Crippen LogP) is -0.569. The molecule has 2 atom stereocenters. The summed E-state index contributed by atoms with van der Waals surface area (Å²) >= 11 is 0. The third kappa shape index (κ3) is 4.28. The number of piperazine rings is 1. The minimum absolute atomic E-state index is 0.0146. The van der Waals surface area contributed by atoms with Crippen LogP contribution in [0.5, 0.6) is 0 Å². The minimum Gasteiger partial charge on any atom is -0.352 e. The van der Waals surface area contributed by atoms with Crippen molar-refractivity contribution in [2.45, 2.75) is 19.4 Å². The molecule has 21 heavy (non-hydrogen) atoms. The van der Waals surface area contributed by atoms with Crippen LogP contribution in [0.2, 0.25) is 0 Å². The van der Waals surface area contributed by atoms with Crippen LogP contribution in [0, 0.1) is 5.92 Å². The van der Waals surface area contributed by atoms with Gasteiger partial charge in [0.15, 0.2) is 0 Å². The first-order valence-corrected chi connectivity index (χ1v) is 7.74. The molecule has 0 aromatic carbocycles. The summed E-state index contributed by atoms with van der Waals surface area (Å²) in [7, 11) is 0. The number of carbonyl (C=O) groups is 2. The second kappa shape index (κ2) is 7.56. The lowest BCUT2D eigenvalue weighted by molar-refractivity contribution is -0.135. The molecule has 2 aliphatic rings. The van der Waals surface area contributed by atoms with Gasteiger partial charge in [-0.15, -0.1) is 6.58 Å². The molecule has 2 fully saturated rings. The number of amides is 2. The van der Waals surface area contributed by atoms with Crippen LogP contribution in [0.15, 0.2) is 12.7 Å². The summed E-state index contributed by atoms with van der Waals surface area (Å²) < 4.78 is 0. The molecule has 118 valence electrons. The number of carbonyl (C=O) groups excluding carboxylic acids is 2. The molecule has 6 nitrogen and oxygen atoms in total. The topological polar surface area (TPSA) is 64.7 Å². The number of nitrogens with zero attached hydrogens (tertiary/aromatic N) is 2. The molecule has 2 N–H and O–H groups in total. The van der Waals surface area contributed by atoms with Gasteiger partial charge in [0.2, 0.25) is 11.8 Å². The monoisotopic (exact) mass is 294 g/mol. The fourth-order valence-electron chi connectivity index (χ4n) is 2.93. The van der Waals surface area contributed by atoms with Gasteiger partial charge in [-0.25, -0.2) is 0 Å². The van der Waals surface area contributed by atoms with Crippen LogP contribution >= 0.6 is 0 Å². The van der Waals surface area contributed by atoms with Crippen LogP contribution in [0.25, 0.3) is 0 Å². The molecule has 2 aliphatic heterocycles. The Labute approximate surface area is 126 Å². The van der Waals surface area contributed by atoms with E-state index in [1.54, 1.807) is 6.08 Å². The Bertz CT molecular complexity index is 391. The summed E-state index contributed by atoms with van der Waals surface area (Å²) in [6.45, 7) is 10.5. The lowest BCUT2D eigenvalue weighted by atomic mass is 10.0. The number of nitrogens with one attached hydrogen (secondary N) is 2. The first kappa shape index (κ1) is 16.0. The van der Waals surface area contributed by atoms with Crippen molar-refractivity contribution < 1.29 is 9.59 Å². The highest BCUT2D eigenvalue weighted by Crippen LogP contribution is 2.17. The zero-order valence-electron chi connectivity index (χ0n) is 12.8. The maximum atomic E-state index is 12.4. The normalized spacial score (nSPS) is 26.6. The van der Waals surface area contributed by atoms with Gasteiger partial charge in [-0.05, 0) is 18.9 Å². The maximum Gasteiger partial charge on any atom is 0.240 e. The molecule has 0 bridgehead atoms. The van der Waals surface area contributed by atoms with E-state index in [0.29, 0.717) is 32.1 Å². The third-order valence-electron chi connectivity index (χ3n) is 4.29. The van der Waals surface area contributed by atoms with E-state index in [2.05, 4.69) is 29.0 Å². The first-order valence-electron chi connectivity index (χ1n) is 7.74. The largest absolute Gasteiger partial charge is 0.352 e. The molecule has 0 radical (unpaired) electrons. The van der Waals surface area contributed by atoms with Crippen LogP contribution in [-0.4, -0.2) is 73.5 Å². The molecule has 2 rings (SSSR count). The standard InChI is InChI=1S/C15H26N4O2/c1-3-5-16-13(20)11-18-7-9-19(10-8-18)15(21)14-12(2)4-6-17-14/h3,12,14,17H,1,4-11H2,2H3,(H,16,20). The van der Waals surface area contributed by atoms with Gasteiger partial charge in [0.25, 0.3) is 0 Å². The Hall–Kier alpha value is -1.40. The van der Waals surface area contributed by atoms with Crippen molar-refractivity contribution in [3.63, 3.8) is 0 Å². The van der Waals surface area contributed by atoms with Gasteiger partial charge in [0, 0.05) is 32.7 Å². The molecular formula is C15H26N4O2. The average molecular weight is 294 g/mol. The lowest BCUT2D eigenvalue weighted by Gasteiger charge is -2.36. The van der Waals surface area contributed by atoms with Crippen LogP contribution < -0.4 is 10.6 Å². The van der Waals surface area contributed by atoms with Crippen LogP contribution in [0.1, 0.15) is 13.3 Å². The smallest absolute Gasteiger partial charge is 0.240 e. The summed E-state index contributed by atoms with van der Waals surface area (Å²) in [4.78, 5) is 28.1. The Morgan fingerprint density at radius 2 is 2.05 bits per heavy atom. The molecule has 0 aliphatic carbocycles. The second-order valence-corrected chi connectivity index (χ2v) is 5.89. The van der Waals surface area contributed by atoms with Crippen molar-refractivity contribution >= 4 is 11.8 Å². The first-order chi connectivity index (χ1) is 10.1. The van der Waals surface area contributed by atoms with Crippen molar-refractivity contribution in [2.24, 2.45) is 5.92 Å². The summed E-state index contributed by atoms with van der Waals surface area (Å²) in [6, 6.07) is -0.0209. The van der Waals surface area contributed by atoms with E-state index in [-0.39, 0.29) is 17.9 Å². The van der Waals surface area contributed by atoms with Crippen molar-refractivity contribution in [1.82, 2.24) is 20.4 Å². The fraction of sp³-hybridized carbons (Fsp3) is 0.733. The van der Waals surface area contributed by atoms with Gasteiger partial charge < -0.3 is 15.5 Å². The van der Waals surface area contributed by atoms with Crippen molar-refractivity contribution in [1.29, 1.82) is 0 Å². The molecule has 0 saturated carbocycles. The highest BCUT2D eigenvalue weighted by atomic mass is 16.2. The molecular weight excluding hydrogens is 268 g/mol. The number of rotatable bonds is 5. The van der Waals surface area contributed by atoms with Crippen molar-refractivity contribution in [3.05, 3.63) is 12.7 Å². The fourth-order valence-corrected chi connectivity index (χ4v) is 2.93. The predicted molar refractivity (Wildman–Crippen MR) is 81.8 cm³/mol. The van der Waals surface area contributed by atoms with Gasteiger partial charge in [0.1, 0.15) is 0 Å². The van der Waals surface area contributed by atoms with Crippen molar-refractivity contribution in [3.8, 4) is 0 Å². The number of hydrogen-bond acceptors (Lipinski definition) is 4. The maximum absolute atomic E-state index is 12.4. The van der Waals surface area contributed by atoms with E-state index in [0.717, 1.165) is 26.1 Å². The summed E-state index contributed by atoms with van der Waals surface area (Å²) in [5.41, 5.74) is 0. The van der Waals surface area contributed by atoms with E-state index < -0.39 is 0 Å². The van der Waals surface area contributed by atoms with Crippen LogP contribution in [-0.2, 0) is 9.59 Å². The Morgan fingerprint density at radius 3 is 2.62 bits per heavy atom. The summed E-state index contributed by atoms with van der Waals surface area (Å²) in [5.74, 6) is 0.650. The minimum atomic E-state index is -0.0209. The Morgan fingerprint density at radius 1 is 1.33 bits per heavy atom. The Balaban J connectivity index is 1.74. The molecule has 6 heteroatoms. The lowest BCUT2D eigenvalue weighted by Crippen LogP contribution is -2.55. The van der Waals surface area contributed by atoms with E-state index in [1.807, 2.05) is 4.90 Å². The molecule has 2 saturated heterocycles. The number of hydrogen-bond donors (Lipinski definition) is 2. The highest BCUT2D eigenvalue weighted by Gasteiger charge is 2.33. The molecule has 2 heterocycles. The molecule has 0 spiro atoms. The molecule has 2 amide bonds. The summed E-state index contributed by atoms with van der Waals surface area (Å²) in [5, 5.41) is 6.07. The van der Waals surface area contributed by atoms with Gasteiger partial charge in [0.05, 0.1) is 12.6 Å². The second-order valence-electron chi connectivity index (χ2n) is 5.89. The van der Waals surface area contributed by atoms with E-state index in [9.17, 15) is 9.59 Å². The van der Waals surface area contributed by atoms with E-state index in [1.165, 1.54) is 0 Å². The quantitative estimate of drug-likeness (QED) is 0.667. The highest BCUT2D eigenvalue weighted by molar-refractivity contribution is 5.82. The zero-order valence-corrected chi connectivity index (χ0v) is 12.8. The van der Waals surface area contributed by atoms with Gasteiger partial charge in [-0.3, -0.25) is 14.5 Å². The zero-order chi connectivity index (χ0) is 15.2. The SMILES string of the molecule is C=CCNC(=O)CN1CCN(C(=O)C2NCCC2C)CC1. The average Bonchev–Trinajstić information content (AvgIpc) is 2.91. The molecule has 0 aromatic rings. The molecule has 0 aromatic heterocycles. The Kier molecular flexibility index (Phi) is 5.76. The van der Waals surface area contributed by atoms with Gasteiger partial charge >= 0.3 is 0 Å². The van der Waals surface area contributed by atoms with E-state index >= 15 is 0 Å². The summed E-state index contributed by atoms with van der Waals surface area (Å²) in [6.07, 6.45) is 2.74. The van der Waals surface area contributed by atoms with E-state index in [4.69, 9.17) is 0 Å². The van der Waals surface area contributed by atoms with Crippen LogP contribution in [0.4, 0.5) is 0 Å². The van der Waals surface area contributed by atoms with Gasteiger partial charge in [-0.1, -0.05) is 13.0 Å². The van der Waals surface area contributed by atoms with Crippen LogP contribution in [0.3, 0.4) is 0 Å². The van der Waals surface area contributed by atoms with Crippen molar-refractivity contribution in [2.75, 3.05) is 45.8 Å². The third-order valence-corrected chi connectivity index (χ3v) is 4.29. The van der Waals surface area contributed by atoms with Gasteiger partial charge in [-0.2, -0.15) is 0 Å². The molecule has 2 unspecified atom stereocenters.